The standard InChI is InChI=1S/C19H17ClN2O4/c1-3-24-16-9-6-14(10-12(16)2)19(23)25-11-17-21-22-18(26-17)13-4-7-15(20)8-5-13/h4-10H,3,11H2,1-2H3. The fourth-order valence-corrected chi connectivity index (χ4v) is 2.45. The zero-order valence-electron chi connectivity index (χ0n) is 14.4. The molecule has 0 unspecified atom stereocenters. The fraction of sp³-hybridized carbons (Fsp3) is 0.211. The van der Waals surface area contributed by atoms with E-state index in [1.807, 2.05) is 13.8 Å². The SMILES string of the molecule is CCOc1ccc(C(=O)OCc2nnc(-c3ccc(Cl)cc3)o2)cc1C. The first-order valence-electron chi connectivity index (χ1n) is 8.05. The van der Waals surface area contributed by atoms with Crippen LogP contribution in [0.3, 0.4) is 0 Å². The van der Waals surface area contributed by atoms with Gasteiger partial charge in [-0.25, -0.2) is 4.79 Å². The maximum atomic E-state index is 12.2. The highest BCUT2D eigenvalue weighted by molar-refractivity contribution is 6.30. The molecule has 0 aliphatic rings. The van der Waals surface area contributed by atoms with E-state index in [4.69, 9.17) is 25.5 Å². The second-order valence-corrected chi connectivity index (χ2v) is 5.93. The Labute approximate surface area is 155 Å². The molecule has 0 aliphatic carbocycles. The van der Waals surface area contributed by atoms with E-state index < -0.39 is 5.97 Å². The molecule has 6 nitrogen and oxygen atoms in total. The molecule has 0 saturated carbocycles. The Morgan fingerprint density at radius 3 is 2.62 bits per heavy atom. The summed E-state index contributed by atoms with van der Waals surface area (Å²) in [4.78, 5) is 12.2. The van der Waals surface area contributed by atoms with Crippen LogP contribution in [0.4, 0.5) is 0 Å². The molecule has 0 amide bonds. The minimum atomic E-state index is -0.470. The number of aryl methyl sites for hydroxylation is 1. The third kappa shape index (κ3) is 4.21. The highest BCUT2D eigenvalue weighted by Gasteiger charge is 2.13. The Kier molecular flexibility index (Phi) is 5.53. The Morgan fingerprint density at radius 2 is 1.92 bits per heavy atom. The van der Waals surface area contributed by atoms with Gasteiger partial charge in [0.1, 0.15) is 5.75 Å². The van der Waals surface area contributed by atoms with Gasteiger partial charge in [-0.2, -0.15) is 0 Å². The summed E-state index contributed by atoms with van der Waals surface area (Å²) in [5, 5.41) is 8.45. The van der Waals surface area contributed by atoms with Crippen molar-refractivity contribution in [1.29, 1.82) is 0 Å². The summed E-state index contributed by atoms with van der Waals surface area (Å²) in [5.41, 5.74) is 2.04. The number of hydrogen-bond donors (Lipinski definition) is 0. The van der Waals surface area contributed by atoms with E-state index in [0.717, 1.165) is 16.9 Å². The number of benzene rings is 2. The summed E-state index contributed by atoms with van der Waals surface area (Å²) in [7, 11) is 0. The lowest BCUT2D eigenvalue weighted by atomic mass is 10.1. The van der Waals surface area contributed by atoms with Crippen LogP contribution in [-0.2, 0) is 11.3 Å². The molecule has 7 heteroatoms. The molecule has 1 aromatic heterocycles. The predicted molar refractivity (Wildman–Crippen MR) is 96.2 cm³/mol. The summed E-state index contributed by atoms with van der Waals surface area (Å²) in [6.45, 7) is 4.24. The lowest BCUT2D eigenvalue weighted by Crippen LogP contribution is -2.06. The highest BCUT2D eigenvalue weighted by Crippen LogP contribution is 2.22. The largest absolute Gasteiger partial charge is 0.494 e. The van der Waals surface area contributed by atoms with Gasteiger partial charge in [0.15, 0.2) is 6.61 Å². The van der Waals surface area contributed by atoms with Crippen molar-refractivity contribution in [2.75, 3.05) is 6.61 Å². The lowest BCUT2D eigenvalue weighted by molar-refractivity contribution is 0.0438. The summed E-state index contributed by atoms with van der Waals surface area (Å²) in [5.74, 6) is 0.825. The van der Waals surface area contributed by atoms with Gasteiger partial charge in [-0.15, -0.1) is 10.2 Å². The van der Waals surface area contributed by atoms with Crippen LogP contribution in [-0.4, -0.2) is 22.8 Å². The minimum absolute atomic E-state index is 0.105. The number of carbonyl (C=O) groups excluding carboxylic acids is 1. The average Bonchev–Trinajstić information content (AvgIpc) is 3.11. The van der Waals surface area contributed by atoms with Gasteiger partial charge in [-0.1, -0.05) is 11.6 Å². The number of nitrogens with zero attached hydrogens (tertiary/aromatic N) is 2. The van der Waals surface area contributed by atoms with Crippen molar-refractivity contribution in [3.05, 3.63) is 64.5 Å². The van der Waals surface area contributed by atoms with Crippen LogP contribution in [0.25, 0.3) is 11.5 Å². The van der Waals surface area contributed by atoms with Gasteiger partial charge in [0.05, 0.1) is 12.2 Å². The molecule has 0 saturated heterocycles. The van der Waals surface area contributed by atoms with Crippen molar-refractivity contribution in [2.24, 2.45) is 0 Å². The Balaban J connectivity index is 1.63. The van der Waals surface area contributed by atoms with Gasteiger partial charge in [0.2, 0.25) is 5.89 Å². The third-order valence-corrected chi connectivity index (χ3v) is 3.85. The molecule has 134 valence electrons. The third-order valence-electron chi connectivity index (χ3n) is 3.60. The fourth-order valence-electron chi connectivity index (χ4n) is 2.33. The minimum Gasteiger partial charge on any atom is -0.494 e. The van der Waals surface area contributed by atoms with Crippen molar-refractivity contribution >= 4 is 17.6 Å². The van der Waals surface area contributed by atoms with Gasteiger partial charge >= 0.3 is 5.97 Å². The van der Waals surface area contributed by atoms with E-state index in [0.29, 0.717) is 23.1 Å². The summed E-state index contributed by atoms with van der Waals surface area (Å²) in [6, 6.07) is 12.1. The van der Waals surface area contributed by atoms with Crippen molar-refractivity contribution in [1.82, 2.24) is 10.2 Å². The zero-order valence-corrected chi connectivity index (χ0v) is 15.1. The number of carbonyl (C=O) groups is 1. The first-order valence-corrected chi connectivity index (χ1v) is 8.43. The van der Waals surface area contributed by atoms with Crippen LogP contribution in [0.1, 0.15) is 28.7 Å². The van der Waals surface area contributed by atoms with Crippen LogP contribution in [0.5, 0.6) is 5.75 Å². The second-order valence-electron chi connectivity index (χ2n) is 5.50. The van der Waals surface area contributed by atoms with E-state index >= 15 is 0 Å². The number of rotatable bonds is 6. The number of ether oxygens (including phenoxy) is 2. The van der Waals surface area contributed by atoms with Crippen molar-refractivity contribution in [2.45, 2.75) is 20.5 Å². The van der Waals surface area contributed by atoms with Crippen LogP contribution in [0.15, 0.2) is 46.9 Å². The van der Waals surface area contributed by atoms with E-state index in [2.05, 4.69) is 10.2 Å². The van der Waals surface area contributed by atoms with Crippen LogP contribution in [0.2, 0.25) is 5.02 Å². The quantitative estimate of drug-likeness (QED) is 0.595. The first-order chi connectivity index (χ1) is 12.6. The van der Waals surface area contributed by atoms with Crippen LogP contribution >= 0.6 is 11.6 Å². The average molecular weight is 373 g/mol. The molecule has 3 aromatic rings. The van der Waals surface area contributed by atoms with E-state index in [1.54, 1.807) is 42.5 Å². The first kappa shape index (κ1) is 17.9. The molecule has 0 bridgehead atoms. The molecule has 3 rings (SSSR count). The number of esters is 1. The summed E-state index contributed by atoms with van der Waals surface area (Å²) < 4.78 is 16.2. The van der Waals surface area contributed by atoms with Gasteiger partial charge in [0.25, 0.3) is 5.89 Å². The van der Waals surface area contributed by atoms with Crippen LogP contribution in [0, 0.1) is 6.92 Å². The maximum absolute atomic E-state index is 12.2. The van der Waals surface area contributed by atoms with Crippen molar-refractivity contribution in [3.63, 3.8) is 0 Å². The Bertz CT molecular complexity index is 906. The Morgan fingerprint density at radius 1 is 1.15 bits per heavy atom. The molecule has 0 N–H and O–H groups in total. The second kappa shape index (κ2) is 8.01. The molecule has 0 aliphatic heterocycles. The predicted octanol–water partition coefficient (Wildman–Crippen LogP) is 4.45. The smallest absolute Gasteiger partial charge is 0.338 e. The molecule has 26 heavy (non-hydrogen) atoms. The van der Waals surface area contributed by atoms with Crippen LogP contribution < -0.4 is 4.74 Å². The van der Waals surface area contributed by atoms with Crippen molar-refractivity contribution < 1.29 is 18.7 Å². The zero-order chi connectivity index (χ0) is 18.5. The number of aromatic nitrogens is 2. The van der Waals surface area contributed by atoms with Gasteiger partial charge in [0, 0.05) is 10.6 Å². The molecular weight excluding hydrogens is 356 g/mol. The molecular formula is C19H17ClN2O4. The monoisotopic (exact) mass is 372 g/mol. The molecule has 2 aromatic carbocycles. The molecule has 0 atom stereocenters. The number of halogens is 1. The van der Waals surface area contributed by atoms with E-state index in [-0.39, 0.29) is 12.5 Å². The molecule has 0 spiro atoms. The van der Waals surface area contributed by atoms with Crippen molar-refractivity contribution in [3.8, 4) is 17.2 Å². The summed E-state index contributed by atoms with van der Waals surface area (Å²) >= 11 is 5.85. The normalized spacial score (nSPS) is 10.6. The topological polar surface area (TPSA) is 74.5 Å². The van der Waals surface area contributed by atoms with E-state index in [9.17, 15) is 4.79 Å². The maximum Gasteiger partial charge on any atom is 0.338 e. The summed E-state index contributed by atoms with van der Waals surface area (Å²) in [6.07, 6.45) is 0. The molecule has 1 heterocycles. The van der Waals surface area contributed by atoms with Gasteiger partial charge < -0.3 is 13.9 Å². The van der Waals surface area contributed by atoms with Gasteiger partial charge in [-0.3, -0.25) is 0 Å². The lowest BCUT2D eigenvalue weighted by Gasteiger charge is -2.08. The van der Waals surface area contributed by atoms with E-state index in [1.165, 1.54) is 0 Å². The molecule has 0 radical (unpaired) electrons. The molecule has 0 fully saturated rings. The highest BCUT2D eigenvalue weighted by atomic mass is 35.5. The number of hydrogen-bond acceptors (Lipinski definition) is 6. The van der Waals surface area contributed by atoms with Gasteiger partial charge in [-0.05, 0) is 61.9 Å². The Hall–Kier alpha value is -2.86.